The van der Waals surface area contributed by atoms with Crippen LogP contribution in [0.15, 0.2) is 29.8 Å². The maximum absolute atomic E-state index is 12.7. The van der Waals surface area contributed by atoms with Crippen molar-refractivity contribution < 1.29 is 14.3 Å². The van der Waals surface area contributed by atoms with Crippen LogP contribution in [0.2, 0.25) is 0 Å². The number of rotatable bonds is 5. The minimum Gasteiger partial charge on any atom is -0.478 e. The monoisotopic (exact) mass is 235 g/mol. The molecule has 1 fully saturated rings. The molecule has 0 heterocycles. The summed E-state index contributed by atoms with van der Waals surface area (Å²) >= 11 is 0. The molecule has 1 saturated carbocycles. The molecule has 0 radical (unpaired) electrons. The van der Waals surface area contributed by atoms with Crippen LogP contribution in [0.3, 0.4) is 0 Å². The number of halogens is 1. The van der Waals surface area contributed by atoms with Crippen molar-refractivity contribution in [1.29, 1.82) is 0 Å². The molecule has 1 aliphatic carbocycles. The number of hydrogen-bond donors (Lipinski definition) is 2. The van der Waals surface area contributed by atoms with Crippen molar-refractivity contribution in [1.82, 2.24) is 5.32 Å². The summed E-state index contributed by atoms with van der Waals surface area (Å²) in [6.07, 6.45) is 3.80. The van der Waals surface area contributed by atoms with E-state index >= 15 is 0 Å². The van der Waals surface area contributed by atoms with Crippen molar-refractivity contribution in [3.63, 3.8) is 0 Å². The highest BCUT2D eigenvalue weighted by Gasteiger charge is 2.21. The summed E-state index contributed by atoms with van der Waals surface area (Å²) in [7, 11) is 0. The summed E-state index contributed by atoms with van der Waals surface area (Å²) in [5.74, 6) is -1.27. The van der Waals surface area contributed by atoms with Crippen molar-refractivity contribution in [2.24, 2.45) is 0 Å². The largest absolute Gasteiger partial charge is 0.478 e. The summed E-state index contributed by atoms with van der Waals surface area (Å²) in [6.45, 7) is 0.345. The number of carboxylic acids is 1. The first-order chi connectivity index (χ1) is 8.15. The zero-order chi connectivity index (χ0) is 12.3. The highest BCUT2D eigenvalue weighted by atomic mass is 19.1. The number of aliphatic carboxylic acids is 1. The molecule has 3 nitrogen and oxygen atoms in total. The first-order valence-corrected chi connectivity index (χ1v) is 5.58. The minimum absolute atomic E-state index is 0.295. The zero-order valence-electron chi connectivity index (χ0n) is 9.32. The fourth-order valence-electron chi connectivity index (χ4n) is 1.49. The molecular formula is C13H14FNO2. The van der Waals surface area contributed by atoms with Crippen molar-refractivity contribution in [3.8, 4) is 0 Å². The van der Waals surface area contributed by atoms with Crippen molar-refractivity contribution in [2.75, 3.05) is 6.54 Å². The summed E-state index contributed by atoms with van der Waals surface area (Å²) in [5, 5.41) is 12.2. The van der Waals surface area contributed by atoms with E-state index in [4.69, 9.17) is 5.11 Å². The van der Waals surface area contributed by atoms with Gasteiger partial charge in [0.05, 0.1) is 5.57 Å². The second kappa shape index (κ2) is 5.10. The van der Waals surface area contributed by atoms with Gasteiger partial charge in [0.2, 0.25) is 0 Å². The molecule has 1 aromatic rings. The van der Waals surface area contributed by atoms with Gasteiger partial charge >= 0.3 is 5.97 Å². The number of carbonyl (C=O) groups is 1. The molecule has 1 aliphatic rings. The summed E-state index contributed by atoms with van der Waals surface area (Å²) < 4.78 is 12.7. The Bertz CT molecular complexity index is 435. The third kappa shape index (κ3) is 3.67. The van der Waals surface area contributed by atoms with Crippen LogP contribution >= 0.6 is 0 Å². The van der Waals surface area contributed by atoms with Crippen LogP contribution in [0.5, 0.6) is 0 Å². The standard InChI is InChI=1S/C13H14FNO2/c14-11-3-1-9(2-4-11)7-10(13(16)17)8-15-12-5-6-12/h1-4,7,12,15H,5-6,8H2,(H,16,17). The number of hydrogen-bond acceptors (Lipinski definition) is 2. The van der Waals surface area contributed by atoms with Gasteiger partial charge in [-0.1, -0.05) is 12.1 Å². The molecule has 2 N–H and O–H groups in total. The van der Waals surface area contributed by atoms with Crippen LogP contribution in [0, 0.1) is 5.82 Å². The van der Waals surface area contributed by atoms with Gasteiger partial charge in [-0.2, -0.15) is 0 Å². The normalized spacial score (nSPS) is 15.9. The molecule has 0 saturated heterocycles. The van der Waals surface area contributed by atoms with Gasteiger partial charge in [0, 0.05) is 12.6 Å². The molecule has 0 spiro atoms. The number of benzene rings is 1. The SMILES string of the molecule is O=C(O)C(=Cc1ccc(F)cc1)CNC1CC1. The molecule has 90 valence electrons. The lowest BCUT2D eigenvalue weighted by molar-refractivity contribution is -0.132. The molecule has 0 unspecified atom stereocenters. The second-order valence-electron chi connectivity index (χ2n) is 4.18. The Morgan fingerprint density at radius 2 is 2.06 bits per heavy atom. The van der Waals surface area contributed by atoms with Crippen LogP contribution in [0.4, 0.5) is 4.39 Å². The fourth-order valence-corrected chi connectivity index (χ4v) is 1.49. The lowest BCUT2D eigenvalue weighted by Gasteiger charge is -2.04. The predicted molar refractivity (Wildman–Crippen MR) is 63.0 cm³/mol. The van der Waals surface area contributed by atoms with Crippen LogP contribution in [0.1, 0.15) is 18.4 Å². The molecule has 0 amide bonds. The molecule has 1 aromatic carbocycles. The lowest BCUT2D eigenvalue weighted by Crippen LogP contribution is -2.22. The molecular weight excluding hydrogens is 221 g/mol. The van der Waals surface area contributed by atoms with Crippen LogP contribution < -0.4 is 5.32 Å². The van der Waals surface area contributed by atoms with Gasteiger partial charge in [0.25, 0.3) is 0 Å². The van der Waals surface area contributed by atoms with E-state index in [1.807, 2.05) is 0 Å². The van der Waals surface area contributed by atoms with Gasteiger partial charge in [-0.3, -0.25) is 0 Å². The lowest BCUT2D eigenvalue weighted by atomic mass is 10.1. The molecule has 4 heteroatoms. The van der Waals surface area contributed by atoms with E-state index in [1.165, 1.54) is 12.1 Å². The zero-order valence-corrected chi connectivity index (χ0v) is 9.32. The van der Waals surface area contributed by atoms with E-state index in [-0.39, 0.29) is 5.82 Å². The Balaban J connectivity index is 2.07. The maximum atomic E-state index is 12.7. The van der Waals surface area contributed by atoms with Crippen molar-refractivity contribution in [3.05, 3.63) is 41.2 Å². The average molecular weight is 235 g/mol. The maximum Gasteiger partial charge on any atom is 0.332 e. The van der Waals surface area contributed by atoms with E-state index in [9.17, 15) is 9.18 Å². The third-order valence-electron chi connectivity index (χ3n) is 2.64. The summed E-state index contributed by atoms with van der Waals surface area (Å²) in [6, 6.07) is 6.23. The van der Waals surface area contributed by atoms with Crippen LogP contribution in [-0.4, -0.2) is 23.7 Å². The molecule has 17 heavy (non-hydrogen) atoms. The highest BCUT2D eigenvalue weighted by Crippen LogP contribution is 2.19. The molecule has 0 atom stereocenters. The number of nitrogens with one attached hydrogen (secondary N) is 1. The number of carboxylic acid groups (broad SMARTS) is 1. The van der Waals surface area contributed by atoms with Crippen molar-refractivity contribution >= 4 is 12.0 Å². The Hall–Kier alpha value is -1.68. The molecule has 0 bridgehead atoms. The fraction of sp³-hybridized carbons (Fsp3) is 0.308. The van der Waals surface area contributed by atoms with E-state index in [1.54, 1.807) is 18.2 Å². The van der Waals surface area contributed by atoms with Gasteiger partial charge in [-0.15, -0.1) is 0 Å². The van der Waals surface area contributed by atoms with Crippen molar-refractivity contribution in [2.45, 2.75) is 18.9 Å². The molecule has 2 rings (SSSR count). The highest BCUT2D eigenvalue weighted by molar-refractivity contribution is 5.92. The minimum atomic E-state index is -0.942. The van der Waals surface area contributed by atoms with E-state index < -0.39 is 5.97 Å². The smallest absolute Gasteiger partial charge is 0.332 e. The van der Waals surface area contributed by atoms with E-state index in [2.05, 4.69) is 5.32 Å². The Labute approximate surface area is 99.0 Å². The first-order valence-electron chi connectivity index (χ1n) is 5.58. The Morgan fingerprint density at radius 1 is 1.41 bits per heavy atom. The topological polar surface area (TPSA) is 49.3 Å². The quantitative estimate of drug-likeness (QED) is 0.768. The van der Waals surface area contributed by atoms with Gasteiger partial charge < -0.3 is 10.4 Å². The molecule has 0 aromatic heterocycles. The van der Waals surface area contributed by atoms with Crippen LogP contribution in [0.25, 0.3) is 6.08 Å². The van der Waals surface area contributed by atoms with Gasteiger partial charge in [0.1, 0.15) is 5.82 Å². The third-order valence-corrected chi connectivity index (χ3v) is 2.64. The molecule has 0 aliphatic heterocycles. The van der Waals surface area contributed by atoms with Gasteiger partial charge in [-0.25, -0.2) is 9.18 Å². The summed E-state index contributed by atoms with van der Waals surface area (Å²) in [4.78, 5) is 11.0. The second-order valence-corrected chi connectivity index (χ2v) is 4.18. The Kier molecular flexibility index (Phi) is 3.54. The average Bonchev–Trinajstić information content (AvgIpc) is 3.10. The van der Waals surface area contributed by atoms with E-state index in [0.717, 1.165) is 12.8 Å². The Morgan fingerprint density at radius 3 is 2.59 bits per heavy atom. The van der Waals surface area contributed by atoms with Gasteiger partial charge in [0.15, 0.2) is 0 Å². The van der Waals surface area contributed by atoms with E-state index in [0.29, 0.717) is 23.7 Å². The van der Waals surface area contributed by atoms with Gasteiger partial charge in [-0.05, 0) is 36.6 Å². The van der Waals surface area contributed by atoms with Crippen LogP contribution in [-0.2, 0) is 4.79 Å². The predicted octanol–water partition coefficient (Wildman–Crippen LogP) is 2.05. The summed E-state index contributed by atoms with van der Waals surface area (Å²) in [5.41, 5.74) is 0.991. The first kappa shape index (κ1) is 11.8.